The normalized spacial score (nSPS) is 23.0. The molecule has 2 heterocycles. The molecule has 1 aromatic heterocycles. The number of aryl methyl sites for hydroxylation is 1. The van der Waals surface area contributed by atoms with Gasteiger partial charge in [0.2, 0.25) is 0 Å². The number of rotatable bonds is 8. The number of nitrogens with zero attached hydrogens (tertiary/aromatic N) is 2. The molecule has 0 radical (unpaired) electrons. The van der Waals surface area contributed by atoms with Crippen LogP contribution < -0.4 is 16.0 Å². The number of aliphatic imine (C=N–C) groups is 2. The zero-order valence-corrected chi connectivity index (χ0v) is 23.9. The van der Waals surface area contributed by atoms with E-state index < -0.39 is 0 Å². The molecule has 3 N–H and O–H groups in total. The highest BCUT2D eigenvalue weighted by atomic mass is 35.5. The molecular formula is C30H34ClN5OS. The van der Waals surface area contributed by atoms with E-state index in [0.717, 1.165) is 81.5 Å². The first kappa shape index (κ1) is 26.6. The van der Waals surface area contributed by atoms with Gasteiger partial charge in [-0.1, -0.05) is 56.2 Å². The third kappa shape index (κ3) is 5.28. The van der Waals surface area contributed by atoms with Gasteiger partial charge in [-0.25, -0.2) is 0 Å². The molecule has 1 aromatic carbocycles. The maximum Gasteiger partial charge on any atom is 0.258 e. The van der Waals surface area contributed by atoms with E-state index in [0.29, 0.717) is 11.5 Å². The predicted molar refractivity (Wildman–Crippen MR) is 163 cm³/mol. The minimum atomic E-state index is -0.148. The van der Waals surface area contributed by atoms with Gasteiger partial charge in [-0.3, -0.25) is 20.1 Å². The van der Waals surface area contributed by atoms with Gasteiger partial charge in [0.15, 0.2) is 0 Å². The average Bonchev–Trinajstić information content (AvgIpc) is 3.52. The smallest absolute Gasteiger partial charge is 0.258 e. The fraction of sp³-hybridized carbons (Fsp3) is 0.367. The first-order chi connectivity index (χ1) is 18.4. The summed E-state index contributed by atoms with van der Waals surface area (Å²) in [7, 11) is 1.87. The number of nitrogens with one attached hydrogen (secondary N) is 3. The van der Waals surface area contributed by atoms with Crippen molar-refractivity contribution in [3.8, 4) is 0 Å². The number of anilines is 2. The number of carbonyl (C=O) groups is 1. The molecule has 1 saturated carbocycles. The van der Waals surface area contributed by atoms with E-state index in [1.165, 1.54) is 16.9 Å². The zero-order chi connectivity index (χ0) is 26.8. The summed E-state index contributed by atoms with van der Waals surface area (Å²) in [6, 6.07) is 4.22. The molecule has 2 unspecified atom stereocenters. The highest BCUT2D eigenvalue weighted by molar-refractivity contribution is 7.11. The van der Waals surface area contributed by atoms with Crippen molar-refractivity contribution in [2.45, 2.75) is 59.0 Å². The predicted octanol–water partition coefficient (Wildman–Crippen LogP) is 7.90. The lowest BCUT2D eigenvalue weighted by molar-refractivity contribution is 0.102. The Hall–Kier alpha value is -3.00. The van der Waals surface area contributed by atoms with Crippen molar-refractivity contribution >= 4 is 64.0 Å². The molecule has 2 aliphatic carbocycles. The molecule has 3 aliphatic rings. The van der Waals surface area contributed by atoms with Crippen molar-refractivity contribution in [1.82, 2.24) is 5.32 Å². The van der Waals surface area contributed by atoms with Gasteiger partial charge >= 0.3 is 0 Å². The van der Waals surface area contributed by atoms with Crippen LogP contribution in [0.2, 0.25) is 0 Å². The van der Waals surface area contributed by atoms with Gasteiger partial charge in [-0.2, -0.15) is 0 Å². The van der Waals surface area contributed by atoms with Crippen molar-refractivity contribution in [3.63, 3.8) is 0 Å². The number of allylic oxidation sites excluding steroid dienone is 4. The monoisotopic (exact) mass is 547 g/mol. The zero-order valence-electron chi connectivity index (χ0n) is 22.3. The molecule has 198 valence electrons. The first-order valence-electron chi connectivity index (χ1n) is 13.3. The number of halogens is 1. The maximum atomic E-state index is 13.6. The summed E-state index contributed by atoms with van der Waals surface area (Å²) in [6.45, 7) is 6.28. The van der Waals surface area contributed by atoms with Crippen LogP contribution >= 0.6 is 22.9 Å². The van der Waals surface area contributed by atoms with Crippen molar-refractivity contribution in [2.75, 3.05) is 17.7 Å². The number of amides is 1. The Bertz CT molecular complexity index is 1410. The summed E-state index contributed by atoms with van der Waals surface area (Å²) in [5, 5.41) is 12.3. The summed E-state index contributed by atoms with van der Waals surface area (Å²) in [4.78, 5) is 24.2. The number of carbonyl (C=O) groups excluding carboxylic acids is 1. The van der Waals surface area contributed by atoms with Gasteiger partial charge in [0, 0.05) is 27.3 Å². The topological polar surface area (TPSA) is 77.9 Å². The van der Waals surface area contributed by atoms with E-state index in [-0.39, 0.29) is 12.1 Å². The second-order valence-electron chi connectivity index (χ2n) is 9.89. The van der Waals surface area contributed by atoms with E-state index in [9.17, 15) is 4.79 Å². The van der Waals surface area contributed by atoms with E-state index >= 15 is 0 Å². The van der Waals surface area contributed by atoms with Crippen molar-refractivity contribution in [1.29, 1.82) is 0 Å². The second-order valence-corrected chi connectivity index (χ2v) is 11.3. The third-order valence-corrected chi connectivity index (χ3v) is 8.54. The van der Waals surface area contributed by atoms with E-state index in [1.807, 2.05) is 25.4 Å². The van der Waals surface area contributed by atoms with Crippen LogP contribution in [0.15, 0.2) is 50.3 Å². The van der Waals surface area contributed by atoms with Crippen LogP contribution in [-0.2, 0) is 0 Å². The van der Waals surface area contributed by atoms with Crippen molar-refractivity contribution < 1.29 is 4.79 Å². The lowest BCUT2D eigenvalue weighted by atomic mass is 9.95. The molecule has 38 heavy (non-hydrogen) atoms. The van der Waals surface area contributed by atoms with Gasteiger partial charge in [-0.15, -0.1) is 11.3 Å². The SMILES string of the molecule is CCC\C(Cl)=C/C(CC)=N\C1=C2/CC2C/C=C\c2c1ccc(C)c2NC(=O)c1csc2c1NC=NC2NC. The quantitative estimate of drug-likeness (QED) is 0.294. The van der Waals surface area contributed by atoms with Crippen LogP contribution in [-0.4, -0.2) is 25.0 Å². The fourth-order valence-corrected chi connectivity index (χ4v) is 6.40. The van der Waals surface area contributed by atoms with E-state index in [4.69, 9.17) is 16.6 Å². The lowest BCUT2D eigenvalue weighted by Crippen LogP contribution is -2.21. The standard InChI is InChI=1S/C30H34ClN5OS/c1-5-8-19(31)14-20(6-2)35-26-22-12-11-17(3)25(21(22)10-7-9-18-13-23(18)26)36-30(37)24-15-38-28-27(24)33-16-34-29(28)32-4/h7,10-12,14-16,18,29,32H,5-6,8-9,13H2,1-4H3,(H,33,34)(H,36,37)/b10-7-,19-14+,26-23+,35-20-. The summed E-state index contributed by atoms with van der Waals surface area (Å²) >= 11 is 8.02. The minimum Gasteiger partial charge on any atom is -0.345 e. The third-order valence-electron chi connectivity index (χ3n) is 7.20. The Labute approximate surface area is 233 Å². The molecule has 5 rings (SSSR count). The summed E-state index contributed by atoms with van der Waals surface area (Å²) in [5.41, 5.74) is 8.71. The van der Waals surface area contributed by atoms with Crippen LogP contribution in [0.4, 0.5) is 11.4 Å². The number of hydrogen-bond acceptors (Lipinski definition) is 6. The molecule has 0 spiro atoms. The minimum absolute atomic E-state index is 0.141. The summed E-state index contributed by atoms with van der Waals surface area (Å²) in [6.07, 6.45) is 12.6. The molecule has 8 heteroatoms. The summed E-state index contributed by atoms with van der Waals surface area (Å²) < 4.78 is 0. The van der Waals surface area contributed by atoms with E-state index in [1.54, 1.807) is 6.34 Å². The van der Waals surface area contributed by atoms with Gasteiger partial charge in [0.05, 0.1) is 33.9 Å². The molecule has 6 nitrogen and oxygen atoms in total. The van der Waals surface area contributed by atoms with Gasteiger partial charge in [0.1, 0.15) is 6.17 Å². The highest BCUT2D eigenvalue weighted by Gasteiger charge is 2.35. The van der Waals surface area contributed by atoms with Crippen LogP contribution in [0.5, 0.6) is 0 Å². The molecule has 2 aromatic rings. The molecular weight excluding hydrogens is 514 g/mol. The maximum absolute atomic E-state index is 13.6. The molecule has 2 atom stereocenters. The number of thiophene rings is 1. The number of benzene rings is 1. The highest BCUT2D eigenvalue weighted by Crippen LogP contribution is 2.49. The van der Waals surface area contributed by atoms with Crippen molar-refractivity contribution in [3.05, 3.63) is 67.4 Å². The lowest BCUT2D eigenvalue weighted by Gasteiger charge is -2.19. The Morgan fingerprint density at radius 2 is 2.18 bits per heavy atom. The fourth-order valence-electron chi connectivity index (χ4n) is 5.02. The Morgan fingerprint density at radius 1 is 1.34 bits per heavy atom. The largest absolute Gasteiger partial charge is 0.345 e. The van der Waals surface area contributed by atoms with Crippen molar-refractivity contribution in [2.24, 2.45) is 15.9 Å². The molecule has 0 saturated heterocycles. The number of fused-ring (bicyclic) bond motifs is 3. The van der Waals surface area contributed by atoms with Gasteiger partial charge < -0.3 is 10.6 Å². The van der Waals surface area contributed by atoms with E-state index in [2.05, 4.69) is 59.1 Å². The van der Waals surface area contributed by atoms with Crippen LogP contribution in [0.25, 0.3) is 11.8 Å². The molecule has 1 aliphatic heterocycles. The summed E-state index contributed by atoms with van der Waals surface area (Å²) in [5.74, 6) is 0.397. The van der Waals surface area contributed by atoms with Crippen LogP contribution in [0.1, 0.15) is 84.0 Å². The first-order valence-corrected chi connectivity index (χ1v) is 14.6. The Kier molecular flexibility index (Phi) is 7.98. The number of hydrogen-bond donors (Lipinski definition) is 3. The van der Waals surface area contributed by atoms with Crippen LogP contribution in [0, 0.1) is 12.8 Å². The van der Waals surface area contributed by atoms with Gasteiger partial charge in [-0.05, 0) is 62.8 Å². The molecule has 0 bridgehead atoms. The average molecular weight is 548 g/mol. The van der Waals surface area contributed by atoms with Crippen LogP contribution in [0.3, 0.4) is 0 Å². The Morgan fingerprint density at radius 3 is 2.95 bits per heavy atom. The van der Waals surface area contributed by atoms with Gasteiger partial charge in [0.25, 0.3) is 5.91 Å². The second kappa shape index (κ2) is 11.4. The Balaban J connectivity index is 1.54. The molecule has 1 fully saturated rings. The molecule has 1 amide bonds.